The first-order valence-corrected chi connectivity index (χ1v) is 6.39. The minimum absolute atomic E-state index is 0.0117. The molecule has 0 aliphatic heterocycles. The lowest BCUT2D eigenvalue weighted by Crippen LogP contribution is -2.45. The highest BCUT2D eigenvalue weighted by Crippen LogP contribution is 2.25. The van der Waals surface area contributed by atoms with Crippen LogP contribution in [0.5, 0.6) is 5.75 Å². The molecule has 1 aromatic rings. The highest BCUT2D eigenvalue weighted by molar-refractivity contribution is 7.12. The number of carboxylic acids is 1. The van der Waals surface area contributed by atoms with Crippen LogP contribution in [-0.4, -0.2) is 35.7 Å². The van der Waals surface area contributed by atoms with E-state index in [0.717, 1.165) is 11.3 Å². The maximum atomic E-state index is 11.6. The van der Waals surface area contributed by atoms with Crippen LogP contribution in [0.1, 0.15) is 23.5 Å². The molecule has 1 aromatic heterocycles. The fourth-order valence-electron chi connectivity index (χ4n) is 1.21. The van der Waals surface area contributed by atoms with Crippen molar-refractivity contribution in [3.8, 4) is 5.75 Å². The average Bonchev–Trinajstić information content (AvgIpc) is 2.77. The van der Waals surface area contributed by atoms with Gasteiger partial charge in [-0.25, -0.2) is 9.59 Å². The molecule has 0 fully saturated rings. The zero-order valence-electron chi connectivity index (χ0n) is 10.4. The summed E-state index contributed by atoms with van der Waals surface area (Å²) < 4.78 is 5.23. The predicted molar refractivity (Wildman–Crippen MR) is 68.6 cm³/mol. The molecule has 3 amide bonds. The molecule has 0 aromatic carbocycles. The Bertz CT molecular complexity index is 485. The van der Waals surface area contributed by atoms with Crippen LogP contribution in [-0.2, 0) is 4.79 Å². The first-order valence-electron chi connectivity index (χ1n) is 5.51. The Hall–Kier alpha value is -2.09. The molecular weight excluding hydrogens is 272 g/mol. The van der Waals surface area contributed by atoms with E-state index in [2.05, 4.69) is 10.6 Å². The Morgan fingerprint density at radius 1 is 1.47 bits per heavy atom. The van der Waals surface area contributed by atoms with Gasteiger partial charge in [-0.1, -0.05) is 0 Å². The molecule has 0 saturated heterocycles. The molecule has 19 heavy (non-hydrogen) atoms. The molecular formula is C11H14N2O5S. The number of carboxylic acid groups (broad SMARTS) is 1. The van der Waals surface area contributed by atoms with Gasteiger partial charge in [0.15, 0.2) is 11.0 Å². The Morgan fingerprint density at radius 3 is 2.74 bits per heavy atom. The number of urea groups is 1. The molecule has 1 rings (SSSR count). The fraction of sp³-hybridized carbons (Fsp3) is 0.364. The lowest BCUT2D eigenvalue weighted by Gasteiger charge is -2.13. The van der Waals surface area contributed by atoms with Crippen LogP contribution >= 0.6 is 11.3 Å². The van der Waals surface area contributed by atoms with E-state index in [1.165, 1.54) is 13.0 Å². The molecule has 0 aliphatic carbocycles. The SMILES string of the molecule is CCNC(=O)NC(=O)C(C)Oc1ccsc1C(=O)O. The number of thiophene rings is 1. The summed E-state index contributed by atoms with van der Waals surface area (Å²) in [5.74, 6) is -1.66. The van der Waals surface area contributed by atoms with Gasteiger partial charge < -0.3 is 15.2 Å². The van der Waals surface area contributed by atoms with Gasteiger partial charge >= 0.3 is 12.0 Å². The Labute approximate surface area is 113 Å². The van der Waals surface area contributed by atoms with Crippen molar-refractivity contribution in [2.45, 2.75) is 20.0 Å². The summed E-state index contributed by atoms with van der Waals surface area (Å²) in [5.41, 5.74) is 0. The first-order chi connectivity index (χ1) is 8.95. The maximum Gasteiger partial charge on any atom is 0.349 e. The topological polar surface area (TPSA) is 105 Å². The standard InChI is InChI=1S/C11H14N2O5S/c1-3-12-11(17)13-9(14)6(2)18-7-4-5-19-8(7)10(15)16/h4-6H,3H2,1-2H3,(H,15,16)(H2,12,13,14,17). The number of hydrogen-bond acceptors (Lipinski definition) is 5. The van der Waals surface area contributed by atoms with Gasteiger partial charge in [0, 0.05) is 6.54 Å². The van der Waals surface area contributed by atoms with Gasteiger partial charge in [-0.15, -0.1) is 11.3 Å². The van der Waals surface area contributed by atoms with Crippen molar-refractivity contribution >= 4 is 29.2 Å². The van der Waals surface area contributed by atoms with Crippen molar-refractivity contribution in [3.63, 3.8) is 0 Å². The van der Waals surface area contributed by atoms with Gasteiger partial charge in [0.25, 0.3) is 5.91 Å². The highest BCUT2D eigenvalue weighted by atomic mass is 32.1. The number of rotatable bonds is 5. The smallest absolute Gasteiger partial charge is 0.349 e. The summed E-state index contributed by atoms with van der Waals surface area (Å²) in [4.78, 5) is 33.6. The second-order valence-electron chi connectivity index (χ2n) is 3.53. The van der Waals surface area contributed by atoms with Crippen LogP contribution in [0.2, 0.25) is 0 Å². The number of aromatic carboxylic acids is 1. The summed E-state index contributed by atoms with van der Waals surface area (Å²) in [7, 11) is 0. The zero-order chi connectivity index (χ0) is 14.4. The van der Waals surface area contributed by atoms with Gasteiger partial charge in [-0.2, -0.15) is 0 Å². The Morgan fingerprint density at radius 2 is 2.16 bits per heavy atom. The Kier molecular flexibility index (Phi) is 5.31. The van der Waals surface area contributed by atoms with E-state index in [1.54, 1.807) is 12.3 Å². The third-order valence-electron chi connectivity index (χ3n) is 2.07. The van der Waals surface area contributed by atoms with Crippen LogP contribution in [0, 0.1) is 0 Å². The van der Waals surface area contributed by atoms with Crippen molar-refractivity contribution in [2.24, 2.45) is 0 Å². The molecule has 0 saturated carbocycles. The van der Waals surface area contributed by atoms with Crippen LogP contribution in [0.15, 0.2) is 11.4 Å². The van der Waals surface area contributed by atoms with Crippen LogP contribution in [0.4, 0.5) is 4.79 Å². The second-order valence-corrected chi connectivity index (χ2v) is 4.44. The zero-order valence-corrected chi connectivity index (χ0v) is 11.2. The van der Waals surface area contributed by atoms with Gasteiger partial charge in [-0.3, -0.25) is 10.1 Å². The van der Waals surface area contributed by atoms with Gasteiger partial charge in [-0.05, 0) is 25.3 Å². The third kappa shape index (κ3) is 4.25. The summed E-state index contributed by atoms with van der Waals surface area (Å²) >= 11 is 0.998. The van der Waals surface area contributed by atoms with Crippen LogP contribution < -0.4 is 15.4 Å². The normalized spacial score (nSPS) is 11.5. The number of carbonyl (C=O) groups excluding carboxylic acids is 2. The number of nitrogens with one attached hydrogen (secondary N) is 2. The van der Waals surface area contributed by atoms with E-state index < -0.39 is 24.0 Å². The molecule has 0 radical (unpaired) electrons. The van der Waals surface area contributed by atoms with Crippen molar-refractivity contribution < 1.29 is 24.2 Å². The van der Waals surface area contributed by atoms with Crippen molar-refractivity contribution in [3.05, 3.63) is 16.3 Å². The van der Waals surface area contributed by atoms with Crippen molar-refractivity contribution in [2.75, 3.05) is 6.54 Å². The minimum atomic E-state index is -1.12. The van der Waals surface area contributed by atoms with Gasteiger partial charge in [0.2, 0.25) is 0 Å². The van der Waals surface area contributed by atoms with E-state index in [9.17, 15) is 14.4 Å². The molecule has 8 heteroatoms. The quantitative estimate of drug-likeness (QED) is 0.750. The van der Waals surface area contributed by atoms with E-state index in [1.807, 2.05) is 0 Å². The van der Waals surface area contributed by atoms with Gasteiger partial charge in [0.1, 0.15) is 5.75 Å². The molecule has 0 bridgehead atoms. The predicted octanol–water partition coefficient (Wildman–Crippen LogP) is 1.06. The molecule has 1 heterocycles. The molecule has 104 valence electrons. The van der Waals surface area contributed by atoms with Crippen LogP contribution in [0.25, 0.3) is 0 Å². The van der Waals surface area contributed by atoms with E-state index in [0.29, 0.717) is 6.54 Å². The summed E-state index contributed by atoms with van der Waals surface area (Å²) in [5, 5.41) is 14.9. The number of ether oxygens (including phenoxy) is 1. The van der Waals surface area contributed by atoms with Crippen molar-refractivity contribution in [1.82, 2.24) is 10.6 Å². The summed E-state index contributed by atoms with van der Waals surface area (Å²) in [6, 6.07) is 0.844. The minimum Gasteiger partial charge on any atom is -0.479 e. The maximum absolute atomic E-state index is 11.6. The molecule has 0 aliphatic rings. The van der Waals surface area contributed by atoms with E-state index in [-0.39, 0.29) is 10.6 Å². The van der Waals surface area contributed by atoms with E-state index >= 15 is 0 Å². The Balaban J connectivity index is 2.61. The number of carbonyl (C=O) groups is 3. The van der Waals surface area contributed by atoms with Crippen LogP contribution in [0.3, 0.4) is 0 Å². The second kappa shape index (κ2) is 6.74. The number of hydrogen-bond donors (Lipinski definition) is 3. The fourth-order valence-corrected chi connectivity index (χ4v) is 1.87. The average molecular weight is 286 g/mol. The molecule has 7 nitrogen and oxygen atoms in total. The largest absolute Gasteiger partial charge is 0.479 e. The first kappa shape index (κ1) is 15.0. The van der Waals surface area contributed by atoms with E-state index in [4.69, 9.17) is 9.84 Å². The number of imide groups is 1. The lowest BCUT2D eigenvalue weighted by atomic mass is 10.3. The summed E-state index contributed by atoms with van der Waals surface area (Å²) in [6.07, 6.45) is -0.977. The van der Waals surface area contributed by atoms with Gasteiger partial charge in [0.05, 0.1) is 0 Å². The lowest BCUT2D eigenvalue weighted by molar-refractivity contribution is -0.126. The monoisotopic (exact) mass is 286 g/mol. The molecule has 1 unspecified atom stereocenters. The van der Waals surface area contributed by atoms with Crippen molar-refractivity contribution in [1.29, 1.82) is 0 Å². The molecule has 1 atom stereocenters. The molecule has 3 N–H and O–H groups in total. The highest BCUT2D eigenvalue weighted by Gasteiger charge is 2.21. The third-order valence-corrected chi connectivity index (χ3v) is 2.95. The summed E-state index contributed by atoms with van der Waals surface area (Å²) in [6.45, 7) is 3.54. The number of amides is 3. The molecule has 0 spiro atoms.